The van der Waals surface area contributed by atoms with Crippen LogP contribution in [0.4, 0.5) is 0 Å². The van der Waals surface area contributed by atoms with Gasteiger partial charge in [-0.05, 0) is 30.4 Å². The number of carbonyl (C=O) groups is 1. The molecule has 0 aromatic heterocycles. The van der Waals surface area contributed by atoms with Crippen LogP contribution in [-0.2, 0) is 10.2 Å². The third kappa shape index (κ3) is 5.77. The van der Waals surface area contributed by atoms with Crippen molar-refractivity contribution in [3.63, 3.8) is 0 Å². The molecule has 0 saturated carbocycles. The summed E-state index contributed by atoms with van der Waals surface area (Å²) >= 11 is 1.81. The molecule has 2 aliphatic rings. The summed E-state index contributed by atoms with van der Waals surface area (Å²) in [5, 5.41) is 9.66. The molecule has 2 aliphatic heterocycles. The number of unbranched alkanes of at least 4 members (excludes halogenated alkanes) is 7. The molecule has 140 valence electrons. The van der Waals surface area contributed by atoms with E-state index in [1.165, 1.54) is 63.4 Å². The van der Waals surface area contributed by atoms with Crippen LogP contribution in [0.1, 0.15) is 88.7 Å². The van der Waals surface area contributed by atoms with E-state index in [0.29, 0.717) is 11.7 Å². The summed E-state index contributed by atoms with van der Waals surface area (Å²) in [6, 6.07) is 8.40. The number of hydrogen-bond acceptors (Lipinski definition) is 2. The summed E-state index contributed by atoms with van der Waals surface area (Å²) in [4.78, 5) is 11.8. The second-order valence-electron chi connectivity index (χ2n) is 7.73. The lowest BCUT2D eigenvalue weighted by Gasteiger charge is -2.24. The predicted octanol–water partition coefficient (Wildman–Crippen LogP) is 6.39. The van der Waals surface area contributed by atoms with Crippen LogP contribution < -0.4 is 0 Å². The van der Waals surface area contributed by atoms with Crippen molar-refractivity contribution in [1.82, 2.24) is 0 Å². The zero-order chi connectivity index (χ0) is 18.1. The average molecular weight is 363 g/mol. The Kier molecular flexibility index (Phi) is 8.35. The van der Waals surface area contributed by atoms with Gasteiger partial charge < -0.3 is 5.11 Å². The molecule has 0 amide bonds. The molecular weight excluding hydrogens is 328 g/mol. The van der Waals surface area contributed by atoms with Gasteiger partial charge in [-0.25, -0.2) is 0 Å². The maximum Gasteiger partial charge on any atom is 0.314 e. The van der Waals surface area contributed by atoms with Crippen molar-refractivity contribution >= 4 is 17.7 Å². The average Bonchev–Trinajstić information content (AvgIpc) is 2.72. The van der Waals surface area contributed by atoms with Gasteiger partial charge in [0.05, 0.1) is 5.41 Å². The molecule has 0 fully saturated rings. The van der Waals surface area contributed by atoms with E-state index in [1.54, 1.807) is 0 Å². The highest BCUT2D eigenvalue weighted by molar-refractivity contribution is 7.99. The second kappa shape index (κ2) is 10.3. The van der Waals surface area contributed by atoms with Crippen LogP contribution in [0, 0.1) is 0 Å². The third-order valence-corrected chi connectivity index (χ3v) is 7.03. The fourth-order valence-corrected chi connectivity index (χ4v) is 5.13. The van der Waals surface area contributed by atoms with Crippen LogP contribution >= 0.6 is 11.8 Å². The molecule has 0 spiro atoms. The Morgan fingerprint density at radius 3 is 2.28 bits per heavy atom. The summed E-state index contributed by atoms with van der Waals surface area (Å²) in [5.41, 5.74) is 1.55. The summed E-state index contributed by atoms with van der Waals surface area (Å²) < 4.78 is 0. The van der Waals surface area contributed by atoms with Gasteiger partial charge in [0.15, 0.2) is 0 Å². The van der Waals surface area contributed by atoms with E-state index in [-0.39, 0.29) is 0 Å². The van der Waals surface area contributed by atoms with Crippen LogP contribution in [0.3, 0.4) is 0 Å². The molecule has 3 heteroatoms. The first-order valence-corrected chi connectivity index (χ1v) is 11.1. The van der Waals surface area contributed by atoms with Gasteiger partial charge in [0.25, 0.3) is 0 Å². The molecule has 1 aromatic carbocycles. The highest BCUT2D eigenvalue weighted by atomic mass is 32.2. The van der Waals surface area contributed by atoms with Crippen molar-refractivity contribution in [2.75, 3.05) is 11.5 Å². The summed E-state index contributed by atoms with van der Waals surface area (Å²) in [5.74, 6) is 1.55. The van der Waals surface area contributed by atoms with Crippen LogP contribution in [0.5, 0.6) is 0 Å². The van der Waals surface area contributed by atoms with E-state index >= 15 is 0 Å². The van der Waals surface area contributed by atoms with E-state index in [2.05, 4.69) is 19.1 Å². The van der Waals surface area contributed by atoms with Gasteiger partial charge in [0.2, 0.25) is 0 Å². The van der Waals surface area contributed by atoms with Crippen molar-refractivity contribution in [1.29, 1.82) is 0 Å². The monoisotopic (exact) mass is 362 g/mol. The largest absolute Gasteiger partial charge is 0.481 e. The quantitative estimate of drug-likeness (QED) is 0.490. The van der Waals surface area contributed by atoms with Crippen LogP contribution in [0.2, 0.25) is 0 Å². The van der Waals surface area contributed by atoms with Gasteiger partial charge in [0.1, 0.15) is 0 Å². The van der Waals surface area contributed by atoms with E-state index in [1.807, 2.05) is 30.8 Å². The topological polar surface area (TPSA) is 37.3 Å². The number of carboxylic acid groups (broad SMARTS) is 1. The van der Waals surface area contributed by atoms with E-state index in [4.69, 9.17) is 0 Å². The van der Waals surface area contributed by atoms with Crippen LogP contribution in [0.15, 0.2) is 24.3 Å². The number of aliphatic carboxylic acids is 1. The van der Waals surface area contributed by atoms with Gasteiger partial charge >= 0.3 is 5.97 Å². The molecule has 3 rings (SSSR count). The fourth-order valence-electron chi connectivity index (χ4n) is 3.67. The van der Waals surface area contributed by atoms with Crippen LogP contribution in [-0.4, -0.2) is 22.6 Å². The fraction of sp³-hybridized carbons (Fsp3) is 0.682. The van der Waals surface area contributed by atoms with E-state index in [0.717, 1.165) is 11.3 Å². The number of carboxylic acids is 1. The highest BCUT2D eigenvalue weighted by Gasteiger charge is 2.36. The SMILES string of the molecule is CCCCCCCCCCC1CSCC(C)(C(=O)O)c2ccc1cc2. The lowest BCUT2D eigenvalue weighted by atomic mass is 9.83. The molecule has 2 atom stereocenters. The van der Waals surface area contributed by atoms with E-state index < -0.39 is 11.4 Å². The number of rotatable bonds is 10. The van der Waals surface area contributed by atoms with Gasteiger partial charge in [-0.3, -0.25) is 4.79 Å². The first-order valence-electron chi connectivity index (χ1n) is 9.99. The molecule has 2 nitrogen and oxygen atoms in total. The Morgan fingerprint density at radius 1 is 1.08 bits per heavy atom. The van der Waals surface area contributed by atoms with Crippen LogP contribution in [0.25, 0.3) is 0 Å². The minimum atomic E-state index is -0.767. The molecule has 1 N–H and O–H groups in total. The van der Waals surface area contributed by atoms with Crippen molar-refractivity contribution < 1.29 is 9.90 Å². The van der Waals surface area contributed by atoms with Gasteiger partial charge in [-0.15, -0.1) is 0 Å². The van der Waals surface area contributed by atoms with Gasteiger partial charge in [-0.1, -0.05) is 82.6 Å². The lowest BCUT2D eigenvalue weighted by molar-refractivity contribution is -0.142. The van der Waals surface area contributed by atoms with E-state index in [9.17, 15) is 9.90 Å². The lowest BCUT2D eigenvalue weighted by Crippen LogP contribution is -2.35. The standard InChI is InChI=1S/C22H34O2S/c1-3-4-5-6-7-8-9-10-11-19-16-25-17-22(2,21(23)24)20-14-12-18(19)13-15-20/h12-15,19H,3-11,16-17H2,1-2H3,(H,23,24). The first kappa shape index (κ1) is 20.4. The number of hydrogen-bond donors (Lipinski definition) is 1. The number of benzene rings is 1. The third-order valence-electron chi connectivity index (χ3n) is 5.61. The Balaban J connectivity index is 1.81. The van der Waals surface area contributed by atoms with Crippen molar-refractivity contribution in [3.05, 3.63) is 35.4 Å². The maximum absolute atomic E-state index is 11.8. The zero-order valence-electron chi connectivity index (χ0n) is 15.9. The Hall–Kier alpha value is -0.960. The molecular formula is C22H34O2S. The smallest absolute Gasteiger partial charge is 0.314 e. The molecule has 0 radical (unpaired) electrons. The molecule has 25 heavy (non-hydrogen) atoms. The predicted molar refractivity (Wildman–Crippen MR) is 109 cm³/mol. The molecule has 2 bridgehead atoms. The maximum atomic E-state index is 11.8. The van der Waals surface area contributed by atoms with Gasteiger partial charge in [0, 0.05) is 11.5 Å². The Morgan fingerprint density at radius 2 is 1.68 bits per heavy atom. The molecule has 2 heterocycles. The highest BCUT2D eigenvalue weighted by Crippen LogP contribution is 2.36. The zero-order valence-corrected chi connectivity index (χ0v) is 16.7. The molecule has 0 aliphatic carbocycles. The van der Waals surface area contributed by atoms with Gasteiger partial charge in [-0.2, -0.15) is 11.8 Å². The van der Waals surface area contributed by atoms with Crippen molar-refractivity contribution in [2.24, 2.45) is 0 Å². The molecule has 2 unspecified atom stereocenters. The summed E-state index contributed by atoms with van der Waals surface area (Å²) in [6.07, 6.45) is 12.1. The Labute approximate surface area is 157 Å². The minimum absolute atomic E-state index is 0.565. The molecule has 0 saturated heterocycles. The molecule has 1 aromatic rings. The second-order valence-corrected chi connectivity index (χ2v) is 8.77. The van der Waals surface area contributed by atoms with Crippen molar-refractivity contribution in [2.45, 2.75) is 83.0 Å². The number of thioether (sulfide) groups is 1. The van der Waals surface area contributed by atoms with Crippen molar-refractivity contribution in [3.8, 4) is 0 Å². The summed E-state index contributed by atoms with van der Waals surface area (Å²) in [6.45, 7) is 4.12. The summed E-state index contributed by atoms with van der Waals surface area (Å²) in [7, 11) is 0. The minimum Gasteiger partial charge on any atom is -0.481 e. The Bertz CT molecular complexity index is 525. The first-order chi connectivity index (χ1) is 12.1. The number of fused-ring (bicyclic) bond motifs is 6. The normalized spacial score (nSPS) is 23.0.